The van der Waals surface area contributed by atoms with Gasteiger partial charge in [0.05, 0.1) is 11.4 Å². The summed E-state index contributed by atoms with van der Waals surface area (Å²) in [6, 6.07) is 39.4. The Morgan fingerprint density at radius 3 is 1.16 bits per heavy atom. The second-order valence-electron chi connectivity index (χ2n) is 7.29. The van der Waals surface area contributed by atoms with Gasteiger partial charge in [0.15, 0.2) is 0 Å². The van der Waals surface area contributed by atoms with Crippen LogP contribution in [0.4, 0.5) is 0 Å². The summed E-state index contributed by atoms with van der Waals surface area (Å²) in [6.45, 7) is 0. The van der Waals surface area contributed by atoms with E-state index in [9.17, 15) is 0 Å². The van der Waals surface area contributed by atoms with Gasteiger partial charge in [-0.05, 0) is 39.9 Å². The van der Waals surface area contributed by atoms with Gasteiger partial charge >= 0.3 is 0 Å². The van der Waals surface area contributed by atoms with Crippen molar-refractivity contribution < 1.29 is 0 Å². The molecule has 5 rings (SSSR count). The van der Waals surface area contributed by atoms with Crippen LogP contribution in [0.3, 0.4) is 0 Å². The van der Waals surface area contributed by atoms with Crippen molar-refractivity contribution in [2.24, 2.45) is 0 Å². The van der Waals surface area contributed by atoms with Crippen LogP contribution >= 0.6 is 11.6 Å². The molecule has 0 amide bonds. The first-order valence-electron chi connectivity index (χ1n) is 10.1. The molecule has 148 valence electrons. The largest absolute Gasteiger partial charge is 0.223 e. The van der Waals surface area contributed by atoms with Crippen molar-refractivity contribution in [3.63, 3.8) is 0 Å². The second kappa shape index (κ2) is 8.55. The van der Waals surface area contributed by atoms with E-state index in [2.05, 4.69) is 82.8 Å². The van der Waals surface area contributed by atoms with Gasteiger partial charge in [0.1, 0.15) is 0 Å². The topological polar surface area (TPSA) is 25.8 Å². The lowest BCUT2D eigenvalue weighted by Gasteiger charge is -2.08. The van der Waals surface area contributed by atoms with Gasteiger partial charge in [0, 0.05) is 11.1 Å². The molecule has 31 heavy (non-hydrogen) atoms. The maximum atomic E-state index is 6.22. The molecule has 0 aliphatic heterocycles. The predicted octanol–water partition coefficient (Wildman–Crippen LogP) is 7.80. The SMILES string of the molecule is Clc1nc(-c2ccccc2)cc(-c2ccc(-c3ccc(-c4ccccc4)cc3)cc2)n1. The molecule has 2 nitrogen and oxygen atoms in total. The van der Waals surface area contributed by atoms with Crippen molar-refractivity contribution in [2.45, 2.75) is 0 Å². The number of hydrogen-bond acceptors (Lipinski definition) is 2. The molecule has 0 saturated carbocycles. The Hall–Kier alpha value is -3.75. The van der Waals surface area contributed by atoms with Gasteiger partial charge < -0.3 is 0 Å². The fourth-order valence-corrected chi connectivity index (χ4v) is 3.82. The highest BCUT2D eigenvalue weighted by molar-refractivity contribution is 6.28. The molecule has 0 aliphatic rings. The third kappa shape index (κ3) is 4.25. The van der Waals surface area contributed by atoms with Crippen molar-refractivity contribution in [2.75, 3.05) is 0 Å². The minimum absolute atomic E-state index is 0.247. The highest BCUT2D eigenvalue weighted by Crippen LogP contribution is 2.29. The van der Waals surface area contributed by atoms with Crippen LogP contribution in [0.15, 0.2) is 115 Å². The predicted molar refractivity (Wildman–Crippen MR) is 129 cm³/mol. The molecule has 0 bridgehead atoms. The van der Waals surface area contributed by atoms with Crippen LogP contribution in [0.25, 0.3) is 44.8 Å². The van der Waals surface area contributed by atoms with E-state index < -0.39 is 0 Å². The van der Waals surface area contributed by atoms with Gasteiger partial charge in [0.25, 0.3) is 0 Å². The molecule has 0 saturated heterocycles. The van der Waals surface area contributed by atoms with E-state index in [4.69, 9.17) is 11.6 Å². The van der Waals surface area contributed by atoms with Crippen LogP contribution in [0.1, 0.15) is 0 Å². The summed E-state index contributed by atoms with van der Waals surface area (Å²) < 4.78 is 0. The van der Waals surface area contributed by atoms with Crippen molar-refractivity contribution in [1.82, 2.24) is 9.97 Å². The first-order chi connectivity index (χ1) is 15.3. The zero-order chi connectivity index (χ0) is 21.0. The molecule has 1 heterocycles. The molecular formula is C28H19ClN2. The molecule has 4 aromatic carbocycles. The number of aromatic nitrogens is 2. The summed E-state index contributed by atoms with van der Waals surface area (Å²) in [5.74, 6) is 0. The lowest BCUT2D eigenvalue weighted by Crippen LogP contribution is -1.92. The monoisotopic (exact) mass is 418 g/mol. The minimum atomic E-state index is 0.247. The molecule has 0 N–H and O–H groups in total. The number of hydrogen-bond donors (Lipinski definition) is 0. The van der Waals surface area contributed by atoms with E-state index >= 15 is 0 Å². The fraction of sp³-hybridized carbons (Fsp3) is 0. The summed E-state index contributed by atoms with van der Waals surface area (Å²) in [7, 11) is 0. The second-order valence-corrected chi connectivity index (χ2v) is 7.63. The van der Waals surface area contributed by atoms with Crippen LogP contribution < -0.4 is 0 Å². The molecular weight excluding hydrogens is 400 g/mol. The number of halogens is 1. The molecule has 1 aromatic heterocycles. The number of rotatable bonds is 4. The summed E-state index contributed by atoms with van der Waals surface area (Å²) in [5.41, 5.74) is 8.42. The van der Waals surface area contributed by atoms with Crippen LogP contribution in [-0.4, -0.2) is 9.97 Å². The van der Waals surface area contributed by atoms with E-state index in [0.29, 0.717) is 0 Å². The van der Waals surface area contributed by atoms with Gasteiger partial charge in [-0.25, -0.2) is 9.97 Å². The average molecular weight is 419 g/mol. The zero-order valence-corrected chi connectivity index (χ0v) is 17.5. The van der Waals surface area contributed by atoms with Crippen LogP contribution in [0, 0.1) is 0 Å². The van der Waals surface area contributed by atoms with Crippen molar-refractivity contribution in [1.29, 1.82) is 0 Å². The van der Waals surface area contributed by atoms with Gasteiger partial charge in [-0.2, -0.15) is 0 Å². The highest BCUT2D eigenvalue weighted by Gasteiger charge is 2.08. The van der Waals surface area contributed by atoms with E-state index in [1.807, 2.05) is 42.5 Å². The molecule has 0 atom stereocenters. The lowest BCUT2D eigenvalue weighted by molar-refractivity contribution is 1.18. The average Bonchev–Trinajstić information content (AvgIpc) is 2.85. The Bertz CT molecular complexity index is 1300. The molecule has 0 radical (unpaired) electrons. The van der Waals surface area contributed by atoms with E-state index in [0.717, 1.165) is 28.1 Å². The Morgan fingerprint density at radius 2 is 0.710 bits per heavy atom. The van der Waals surface area contributed by atoms with Crippen LogP contribution in [0.5, 0.6) is 0 Å². The standard InChI is InChI=1S/C28H19ClN2/c29-28-30-26(24-9-5-2-6-10-24)19-27(31-28)25-17-15-23(16-18-25)22-13-11-21(12-14-22)20-7-3-1-4-8-20/h1-19H. The van der Waals surface area contributed by atoms with Gasteiger partial charge in [-0.1, -0.05) is 109 Å². The summed E-state index contributed by atoms with van der Waals surface area (Å²) in [6.07, 6.45) is 0. The summed E-state index contributed by atoms with van der Waals surface area (Å²) in [4.78, 5) is 8.81. The smallest absolute Gasteiger partial charge is 0.218 e. The minimum Gasteiger partial charge on any atom is -0.218 e. The maximum Gasteiger partial charge on any atom is 0.223 e. The van der Waals surface area contributed by atoms with Crippen molar-refractivity contribution >= 4 is 11.6 Å². The number of nitrogens with zero attached hydrogens (tertiary/aromatic N) is 2. The van der Waals surface area contributed by atoms with E-state index in [-0.39, 0.29) is 5.28 Å². The van der Waals surface area contributed by atoms with Gasteiger partial charge in [0.2, 0.25) is 5.28 Å². The van der Waals surface area contributed by atoms with E-state index in [1.165, 1.54) is 16.7 Å². The highest BCUT2D eigenvalue weighted by atomic mass is 35.5. The number of benzene rings is 4. The Morgan fingerprint density at radius 1 is 0.387 bits per heavy atom. The molecule has 5 aromatic rings. The first-order valence-corrected chi connectivity index (χ1v) is 10.5. The quantitative estimate of drug-likeness (QED) is 0.278. The van der Waals surface area contributed by atoms with Gasteiger partial charge in [-0.3, -0.25) is 0 Å². The Labute approximate surface area is 186 Å². The first kappa shape index (κ1) is 19.2. The third-order valence-electron chi connectivity index (χ3n) is 5.27. The maximum absolute atomic E-state index is 6.22. The Kier molecular flexibility index (Phi) is 5.30. The molecule has 0 spiro atoms. The lowest BCUT2D eigenvalue weighted by atomic mass is 9.99. The molecule has 3 heteroatoms. The van der Waals surface area contributed by atoms with Crippen molar-refractivity contribution in [3.8, 4) is 44.8 Å². The van der Waals surface area contributed by atoms with Crippen LogP contribution in [0.2, 0.25) is 5.28 Å². The third-order valence-corrected chi connectivity index (χ3v) is 5.44. The van der Waals surface area contributed by atoms with E-state index in [1.54, 1.807) is 0 Å². The molecule has 0 unspecified atom stereocenters. The van der Waals surface area contributed by atoms with Crippen molar-refractivity contribution in [3.05, 3.63) is 121 Å². The van der Waals surface area contributed by atoms with Gasteiger partial charge in [-0.15, -0.1) is 0 Å². The fourth-order valence-electron chi connectivity index (χ4n) is 3.64. The normalized spacial score (nSPS) is 10.7. The zero-order valence-electron chi connectivity index (χ0n) is 16.7. The summed E-state index contributed by atoms with van der Waals surface area (Å²) in [5, 5.41) is 0.247. The Balaban J connectivity index is 1.42. The van der Waals surface area contributed by atoms with Crippen LogP contribution in [-0.2, 0) is 0 Å². The summed E-state index contributed by atoms with van der Waals surface area (Å²) >= 11 is 6.22. The molecule has 0 fully saturated rings. The molecule has 0 aliphatic carbocycles.